The molecule has 20 heavy (non-hydrogen) atoms. The minimum atomic E-state index is -0.304. The molecule has 1 N–H and O–H groups in total. The molecule has 1 aromatic rings. The minimum absolute atomic E-state index is 0.228. The molecule has 0 unspecified atom stereocenters. The molecule has 112 valence electrons. The van der Waals surface area contributed by atoms with Crippen molar-refractivity contribution in [1.82, 2.24) is 5.32 Å². The summed E-state index contributed by atoms with van der Waals surface area (Å²) in [6, 6.07) is 6.97. The van der Waals surface area contributed by atoms with Gasteiger partial charge < -0.3 is 5.32 Å². The maximum absolute atomic E-state index is 10.9. The lowest BCUT2D eigenvalue weighted by Gasteiger charge is -2.05. The Morgan fingerprint density at radius 2 is 1.90 bits per heavy atom. The Bertz CT molecular complexity index is 399. The van der Waals surface area contributed by atoms with Gasteiger partial charge in [0.25, 0.3) is 5.69 Å². The highest BCUT2D eigenvalue weighted by Gasteiger charge is 2.10. The van der Waals surface area contributed by atoms with Crippen LogP contribution in [-0.2, 0) is 6.42 Å². The highest BCUT2D eigenvalue weighted by Crippen LogP contribution is 2.17. The number of nitro benzene ring substituents is 1. The average molecular weight is 296 g/mol. The zero-order valence-corrected chi connectivity index (χ0v) is 13.0. The number of hydrogen-bond donors (Lipinski definition) is 1. The molecule has 0 saturated heterocycles. The van der Waals surface area contributed by atoms with E-state index >= 15 is 0 Å². The van der Waals surface area contributed by atoms with E-state index in [9.17, 15) is 10.1 Å². The van der Waals surface area contributed by atoms with Crippen molar-refractivity contribution in [3.63, 3.8) is 0 Å². The van der Waals surface area contributed by atoms with Crippen molar-refractivity contribution in [2.75, 3.05) is 25.1 Å². The van der Waals surface area contributed by atoms with Crippen molar-refractivity contribution in [1.29, 1.82) is 0 Å². The third kappa shape index (κ3) is 6.91. The summed E-state index contributed by atoms with van der Waals surface area (Å²) < 4.78 is 0. The summed E-state index contributed by atoms with van der Waals surface area (Å²) in [5.41, 5.74) is 1.04. The molecule has 5 heteroatoms. The van der Waals surface area contributed by atoms with Crippen LogP contribution in [0.15, 0.2) is 24.3 Å². The van der Waals surface area contributed by atoms with Crippen LogP contribution in [0.1, 0.15) is 31.2 Å². The van der Waals surface area contributed by atoms with Crippen molar-refractivity contribution >= 4 is 17.4 Å². The Hall–Kier alpha value is -1.07. The van der Waals surface area contributed by atoms with Crippen LogP contribution in [0.3, 0.4) is 0 Å². The quantitative estimate of drug-likeness (QED) is 0.385. The molecule has 0 atom stereocenters. The maximum atomic E-state index is 10.9. The van der Waals surface area contributed by atoms with E-state index in [4.69, 9.17) is 0 Å². The van der Waals surface area contributed by atoms with Gasteiger partial charge in [-0.25, -0.2) is 0 Å². The molecule has 0 fully saturated rings. The van der Waals surface area contributed by atoms with Crippen molar-refractivity contribution < 1.29 is 4.92 Å². The molecular formula is C15H24N2O2S. The fraction of sp³-hybridized carbons (Fsp3) is 0.600. The summed E-state index contributed by atoms with van der Waals surface area (Å²) in [6.07, 6.45) is 7.91. The van der Waals surface area contributed by atoms with Gasteiger partial charge in [0.2, 0.25) is 0 Å². The van der Waals surface area contributed by atoms with Gasteiger partial charge in [-0.3, -0.25) is 10.1 Å². The number of hydrogen-bond acceptors (Lipinski definition) is 4. The van der Waals surface area contributed by atoms with E-state index in [0.717, 1.165) is 18.7 Å². The van der Waals surface area contributed by atoms with E-state index in [-0.39, 0.29) is 10.6 Å². The Morgan fingerprint density at radius 3 is 2.65 bits per heavy atom. The van der Waals surface area contributed by atoms with Crippen LogP contribution in [0.5, 0.6) is 0 Å². The highest BCUT2D eigenvalue weighted by atomic mass is 32.2. The summed E-state index contributed by atoms with van der Waals surface area (Å²) in [5.74, 6) is 1.26. The number of nitrogens with zero attached hydrogens (tertiary/aromatic N) is 1. The summed E-state index contributed by atoms with van der Waals surface area (Å²) >= 11 is 1.90. The molecule has 0 spiro atoms. The fourth-order valence-electron chi connectivity index (χ4n) is 2.10. The van der Waals surface area contributed by atoms with Crippen LogP contribution in [0.2, 0.25) is 0 Å². The van der Waals surface area contributed by atoms with Crippen LogP contribution >= 0.6 is 11.8 Å². The second-order valence-corrected chi connectivity index (χ2v) is 5.78. The second-order valence-electron chi connectivity index (χ2n) is 4.79. The third-order valence-corrected chi connectivity index (χ3v) is 3.91. The number of nitrogens with one attached hydrogen (secondary N) is 1. The van der Waals surface area contributed by atoms with E-state index in [0.29, 0.717) is 6.42 Å². The second kappa shape index (κ2) is 10.7. The molecule has 0 bridgehead atoms. The van der Waals surface area contributed by atoms with E-state index in [1.54, 1.807) is 12.1 Å². The lowest BCUT2D eigenvalue weighted by Crippen LogP contribution is -2.18. The van der Waals surface area contributed by atoms with E-state index in [1.165, 1.54) is 31.4 Å². The molecule has 0 aliphatic heterocycles. The minimum Gasteiger partial charge on any atom is -0.316 e. The Labute approximate surface area is 125 Å². The standard InChI is InChI=1S/C15H24N2O2S/c1-20-13-7-3-2-6-11-16-12-10-14-8-4-5-9-15(14)17(18)19/h4-5,8-9,16H,2-3,6-7,10-13H2,1H3. The zero-order valence-electron chi connectivity index (χ0n) is 12.1. The summed E-state index contributed by atoms with van der Waals surface area (Å²) in [6.45, 7) is 1.80. The van der Waals surface area contributed by atoms with Gasteiger partial charge in [-0.1, -0.05) is 31.0 Å². The van der Waals surface area contributed by atoms with Crippen molar-refractivity contribution in [3.8, 4) is 0 Å². The monoisotopic (exact) mass is 296 g/mol. The first-order valence-corrected chi connectivity index (χ1v) is 8.57. The van der Waals surface area contributed by atoms with Crippen LogP contribution in [-0.4, -0.2) is 30.0 Å². The summed E-state index contributed by atoms with van der Waals surface area (Å²) in [4.78, 5) is 10.6. The first-order chi connectivity index (χ1) is 9.75. The molecule has 1 rings (SSSR count). The topological polar surface area (TPSA) is 55.2 Å². The molecule has 0 heterocycles. The van der Waals surface area contributed by atoms with Crippen molar-refractivity contribution in [2.45, 2.75) is 32.1 Å². The van der Waals surface area contributed by atoms with Crippen molar-refractivity contribution in [3.05, 3.63) is 39.9 Å². The number of rotatable bonds is 11. The van der Waals surface area contributed by atoms with Gasteiger partial charge in [0.1, 0.15) is 0 Å². The Morgan fingerprint density at radius 1 is 1.15 bits per heavy atom. The largest absolute Gasteiger partial charge is 0.316 e. The normalized spacial score (nSPS) is 10.7. The third-order valence-electron chi connectivity index (χ3n) is 3.21. The van der Waals surface area contributed by atoms with Crippen LogP contribution in [0.25, 0.3) is 0 Å². The number of nitro groups is 1. The van der Waals surface area contributed by atoms with Gasteiger partial charge in [0.15, 0.2) is 0 Å². The molecule has 0 amide bonds. The predicted molar refractivity (Wildman–Crippen MR) is 86.5 cm³/mol. The van der Waals surface area contributed by atoms with Gasteiger partial charge >= 0.3 is 0 Å². The van der Waals surface area contributed by atoms with Crippen molar-refractivity contribution in [2.24, 2.45) is 0 Å². The number of unbranched alkanes of at least 4 members (excludes halogenated alkanes) is 3. The molecule has 4 nitrogen and oxygen atoms in total. The smallest absolute Gasteiger partial charge is 0.272 e. The maximum Gasteiger partial charge on any atom is 0.272 e. The Kier molecular flexibility index (Phi) is 9.07. The van der Waals surface area contributed by atoms with Gasteiger partial charge in [0, 0.05) is 11.6 Å². The average Bonchev–Trinajstić information content (AvgIpc) is 2.46. The zero-order chi connectivity index (χ0) is 14.6. The molecule has 0 radical (unpaired) electrons. The highest BCUT2D eigenvalue weighted by molar-refractivity contribution is 7.98. The van der Waals surface area contributed by atoms with Crippen LogP contribution in [0.4, 0.5) is 5.69 Å². The molecule has 1 aromatic carbocycles. The fourth-order valence-corrected chi connectivity index (χ4v) is 2.59. The lowest BCUT2D eigenvalue weighted by molar-refractivity contribution is -0.385. The molecular weight excluding hydrogens is 272 g/mol. The van der Waals surface area contributed by atoms with E-state index in [2.05, 4.69) is 11.6 Å². The summed E-state index contributed by atoms with van der Waals surface area (Å²) in [5, 5.41) is 14.2. The van der Waals surface area contributed by atoms with Gasteiger partial charge in [-0.15, -0.1) is 0 Å². The predicted octanol–water partition coefficient (Wildman–Crippen LogP) is 3.65. The Balaban J connectivity index is 2.11. The van der Waals surface area contributed by atoms with Crippen LogP contribution in [0, 0.1) is 10.1 Å². The SMILES string of the molecule is CSCCCCCCNCCc1ccccc1[N+](=O)[O-]. The lowest BCUT2D eigenvalue weighted by atomic mass is 10.1. The molecule has 0 aromatic heterocycles. The first-order valence-electron chi connectivity index (χ1n) is 7.17. The molecule has 0 aliphatic rings. The summed E-state index contributed by atoms with van der Waals surface area (Å²) in [7, 11) is 0. The van der Waals surface area contributed by atoms with Gasteiger partial charge in [-0.2, -0.15) is 11.8 Å². The molecule has 0 aliphatic carbocycles. The van der Waals surface area contributed by atoms with E-state index in [1.807, 2.05) is 23.9 Å². The number of benzene rings is 1. The van der Waals surface area contributed by atoms with Gasteiger partial charge in [0.05, 0.1) is 4.92 Å². The first kappa shape index (κ1) is 17.0. The van der Waals surface area contributed by atoms with Gasteiger partial charge in [-0.05, 0) is 44.4 Å². The number of thioether (sulfide) groups is 1. The molecule has 0 saturated carbocycles. The van der Waals surface area contributed by atoms with Crippen LogP contribution < -0.4 is 5.32 Å². The van der Waals surface area contributed by atoms with E-state index < -0.39 is 0 Å². The number of para-hydroxylation sites is 1.